The number of alkyl halides is 2. The lowest BCUT2D eigenvalue weighted by molar-refractivity contribution is -0.498. The Morgan fingerprint density at radius 2 is 0.769 bits per heavy atom. The SMILES string of the molecule is CCCn1ccc(-c2cccc(C(C)(C)C)c2C)n1.Cc1c(-c2ccn(CC(C)(C)C)n2)cccc1C(C)(C)C.Cc1c(-c2ccn(CC(C)(F)F)n2)cccc1C(C)(C)C.Cc1c(C2=[N+](C)N=CC2)cccc1C(C)(C)C. The van der Waals surface area contributed by atoms with Gasteiger partial charge in [0.15, 0.2) is 7.05 Å². The quantitative estimate of drug-likeness (QED) is 0.135. The molecule has 0 saturated heterocycles. The lowest BCUT2D eigenvalue weighted by atomic mass is 9.82. The molecule has 4 heterocycles. The summed E-state index contributed by atoms with van der Waals surface area (Å²) in [6.07, 6.45) is 9.79. The summed E-state index contributed by atoms with van der Waals surface area (Å²) in [7, 11) is 2.02. The fraction of sp³-hybridized carbons (Fsp3) is 0.485. The molecule has 8 rings (SSSR count). The van der Waals surface area contributed by atoms with Crippen molar-refractivity contribution in [1.29, 1.82) is 0 Å². The molecule has 78 heavy (non-hydrogen) atoms. The number of halogens is 2. The monoisotopic (exact) mass is 1060 g/mol. The molecule has 0 fully saturated rings. The Kier molecular flexibility index (Phi) is 19.9. The molecule has 0 N–H and O–H groups in total. The predicted molar refractivity (Wildman–Crippen MR) is 327 cm³/mol. The third-order valence-electron chi connectivity index (χ3n) is 14.1. The number of hydrazone groups is 1. The summed E-state index contributed by atoms with van der Waals surface area (Å²) < 4.78 is 33.5. The van der Waals surface area contributed by atoms with Crippen molar-refractivity contribution < 1.29 is 13.5 Å². The summed E-state index contributed by atoms with van der Waals surface area (Å²) in [5.41, 5.74) is 20.5. The lowest BCUT2D eigenvalue weighted by Crippen LogP contribution is -2.19. The van der Waals surface area contributed by atoms with Crippen LogP contribution in [0.1, 0.15) is 181 Å². The van der Waals surface area contributed by atoms with E-state index in [0.29, 0.717) is 0 Å². The molecule has 3 aromatic heterocycles. The summed E-state index contributed by atoms with van der Waals surface area (Å²) in [6.45, 7) is 46.8. The number of hydrogen-bond acceptors (Lipinski definition) is 4. The minimum atomic E-state index is -2.76. The van der Waals surface area contributed by atoms with Gasteiger partial charge in [0.05, 0.1) is 29.7 Å². The highest BCUT2D eigenvalue weighted by atomic mass is 19.3. The molecule has 0 radical (unpaired) electrons. The molecule has 8 nitrogen and oxygen atoms in total. The van der Waals surface area contributed by atoms with Gasteiger partial charge >= 0.3 is 0 Å². The second kappa shape index (κ2) is 24.8. The van der Waals surface area contributed by atoms with Gasteiger partial charge in [0, 0.05) is 60.9 Å². The molecule has 0 amide bonds. The van der Waals surface area contributed by atoms with Crippen LogP contribution in [0.25, 0.3) is 33.8 Å². The molecule has 0 unspecified atom stereocenters. The van der Waals surface area contributed by atoms with Crippen LogP contribution in [0.3, 0.4) is 0 Å². The molecule has 0 saturated carbocycles. The van der Waals surface area contributed by atoms with Gasteiger partial charge in [-0.25, -0.2) is 8.78 Å². The van der Waals surface area contributed by atoms with Crippen LogP contribution in [0, 0.1) is 33.1 Å². The Bertz CT molecular complexity index is 3060. The predicted octanol–water partition coefficient (Wildman–Crippen LogP) is 17.7. The van der Waals surface area contributed by atoms with Crippen molar-refractivity contribution in [2.75, 3.05) is 7.05 Å². The minimum Gasteiger partial charge on any atom is -0.272 e. The molecular weight excluding hydrogens is 967 g/mol. The number of nitrogens with zero attached hydrogens (tertiary/aromatic N) is 8. The van der Waals surface area contributed by atoms with E-state index < -0.39 is 12.5 Å². The highest BCUT2D eigenvalue weighted by Gasteiger charge is 2.27. The molecule has 1 aliphatic rings. The topological polar surface area (TPSA) is 68.8 Å². The summed E-state index contributed by atoms with van der Waals surface area (Å²) in [5, 5.41) is 18.0. The van der Waals surface area contributed by atoms with E-state index in [1.54, 1.807) is 12.3 Å². The van der Waals surface area contributed by atoms with Gasteiger partial charge < -0.3 is 0 Å². The first kappa shape index (κ1) is 62.6. The van der Waals surface area contributed by atoms with E-state index in [-0.39, 0.29) is 27.1 Å². The second-order valence-electron chi connectivity index (χ2n) is 26.8. The van der Waals surface area contributed by atoms with Gasteiger partial charge in [-0.3, -0.25) is 14.0 Å². The van der Waals surface area contributed by atoms with Crippen molar-refractivity contribution in [3.63, 3.8) is 0 Å². The van der Waals surface area contributed by atoms with Gasteiger partial charge in [0.1, 0.15) is 6.54 Å². The van der Waals surface area contributed by atoms with E-state index in [1.165, 1.54) is 66.0 Å². The Balaban J connectivity index is 0.000000192. The van der Waals surface area contributed by atoms with Crippen molar-refractivity contribution in [2.45, 2.75) is 205 Å². The summed E-state index contributed by atoms with van der Waals surface area (Å²) >= 11 is 0. The Morgan fingerprint density at radius 1 is 0.449 bits per heavy atom. The van der Waals surface area contributed by atoms with Gasteiger partial charge in [-0.15, -0.1) is 0 Å². The van der Waals surface area contributed by atoms with E-state index in [0.717, 1.165) is 61.1 Å². The highest BCUT2D eigenvalue weighted by Crippen LogP contribution is 2.35. The zero-order valence-corrected chi connectivity index (χ0v) is 51.8. The van der Waals surface area contributed by atoms with Crippen molar-refractivity contribution in [1.82, 2.24) is 29.3 Å². The minimum absolute atomic E-state index is 0.0408. The van der Waals surface area contributed by atoms with Crippen LogP contribution in [-0.2, 0) is 41.3 Å². The Labute approximate surface area is 469 Å². The van der Waals surface area contributed by atoms with Crippen LogP contribution in [-0.4, -0.2) is 58.9 Å². The van der Waals surface area contributed by atoms with Crippen molar-refractivity contribution in [2.24, 2.45) is 10.5 Å². The first-order valence-corrected chi connectivity index (χ1v) is 28.0. The second-order valence-corrected chi connectivity index (χ2v) is 26.8. The van der Waals surface area contributed by atoms with Gasteiger partial charge in [-0.1, -0.05) is 182 Å². The Hall–Kier alpha value is -6.29. The molecule has 0 aliphatic carbocycles. The Morgan fingerprint density at radius 3 is 1.08 bits per heavy atom. The molecule has 420 valence electrons. The van der Waals surface area contributed by atoms with Crippen molar-refractivity contribution in [3.05, 3.63) is 160 Å². The zero-order chi connectivity index (χ0) is 58.3. The molecule has 0 spiro atoms. The molecule has 4 aromatic carbocycles. The molecule has 10 heteroatoms. The van der Waals surface area contributed by atoms with Crippen LogP contribution >= 0.6 is 0 Å². The van der Waals surface area contributed by atoms with E-state index in [2.05, 4.69) is 244 Å². The van der Waals surface area contributed by atoms with Crippen LogP contribution in [0.15, 0.2) is 115 Å². The average molecular weight is 1060 g/mol. The van der Waals surface area contributed by atoms with Crippen molar-refractivity contribution in [3.8, 4) is 33.8 Å². The van der Waals surface area contributed by atoms with Crippen LogP contribution in [0.5, 0.6) is 0 Å². The van der Waals surface area contributed by atoms with Crippen LogP contribution in [0.4, 0.5) is 8.78 Å². The van der Waals surface area contributed by atoms with E-state index in [9.17, 15) is 8.78 Å². The third kappa shape index (κ3) is 16.9. The average Bonchev–Trinajstić information content (AvgIpc) is 4.17. The van der Waals surface area contributed by atoms with E-state index in [1.807, 2.05) is 34.8 Å². The highest BCUT2D eigenvalue weighted by molar-refractivity contribution is 6.06. The zero-order valence-electron chi connectivity index (χ0n) is 51.8. The fourth-order valence-electron chi connectivity index (χ4n) is 10.5. The molecule has 0 atom stereocenters. The maximum absolute atomic E-state index is 13.1. The number of hydrogen-bond donors (Lipinski definition) is 0. The maximum atomic E-state index is 13.1. The summed E-state index contributed by atoms with van der Waals surface area (Å²) in [5.74, 6) is -2.76. The first-order chi connectivity index (χ1) is 36.0. The fourth-order valence-corrected chi connectivity index (χ4v) is 10.5. The van der Waals surface area contributed by atoms with Gasteiger partial charge in [-0.2, -0.15) is 15.3 Å². The third-order valence-corrected chi connectivity index (χ3v) is 14.1. The van der Waals surface area contributed by atoms with E-state index >= 15 is 0 Å². The number of aromatic nitrogens is 6. The smallest absolute Gasteiger partial charge is 0.264 e. The number of aryl methyl sites for hydroxylation is 1. The standard InChI is InChI=1S/C19H28N2.C17H22F2N2.C17H24N2.C15H21N2/c1-14-15(9-8-10-16(14)19(5,6)7)17-11-12-21(20-17)13-18(2,3)4;1-12-13(7-6-8-14(12)16(2,3)4)15-9-10-21(20-15)11-17(5,18)19;1-6-11-19-12-10-16(18-19)14-8-7-9-15(13(14)2)17(3,4)5;1-11-12(14-9-10-16-17(14)5)7-6-8-13(11)15(2,3)4/h8-12H,13H2,1-7H3;6-10H,11H2,1-5H3;7-10,12H,6,11H2,1-5H3;6-8,10H,9H2,1-5H3/q;;;+1. The normalized spacial score (nSPS) is 13.2. The number of rotatable bonds is 9. The molecule has 0 bridgehead atoms. The molecule has 7 aromatic rings. The van der Waals surface area contributed by atoms with Gasteiger partial charge in [0.2, 0.25) is 5.71 Å². The molecular formula is C68H95F2N8+. The summed E-state index contributed by atoms with van der Waals surface area (Å²) in [4.78, 5) is 0. The van der Waals surface area contributed by atoms with Crippen LogP contribution in [0.2, 0.25) is 0 Å². The largest absolute Gasteiger partial charge is 0.272 e. The van der Waals surface area contributed by atoms with Gasteiger partial charge in [-0.05, 0) is 135 Å². The lowest BCUT2D eigenvalue weighted by Gasteiger charge is -2.23. The number of benzene rings is 4. The van der Waals surface area contributed by atoms with Crippen molar-refractivity contribution >= 4 is 11.9 Å². The molecule has 1 aliphatic heterocycles. The van der Waals surface area contributed by atoms with Crippen LogP contribution < -0.4 is 0 Å². The van der Waals surface area contributed by atoms with E-state index in [4.69, 9.17) is 5.10 Å². The summed E-state index contributed by atoms with van der Waals surface area (Å²) in [6, 6.07) is 31.8. The first-order valence-electron chi connectivity index (χ1n) is 28.0. The van der Waals surface area contributed by atoms with Gasteiger partial charge in [0.25, 0.3) is 5.92 Å². The maximum Gasteiger partial charge on any atom is 0.264 e.